The standard InChI is InChI=1S/C24H24Cl2N4O6S2/c1-16-3-9-19(10-4-16)38(35,36)30(2)15-23(31)28-29-24(32)18-7-5-17(6-8-18)14-27-37(33,34)20-11-12-21(25)22(26)13-20/h3-13,27H,14-15H2,1-2H3,(H,28,31)(H,29,32). The first-order valence-electron chi connectivity index (χ1n) is 11.0. The van der Waals surface area contributed by atoms with Gasteiger partial charge in [0.2, 0.25) is 20.0 Å². The molecule has 0 fully saturated rings. The molecule has 202 valence electrons. The van der Waals surface area contributed by atoms with Gasteiger partial charge in [-0.3, -0.25) is 20.4 Å². The van der Waals surface area contributed by atoms with Gasteiger partial charge >= 0.3 is 0 Å². The Labute approximate surface area is 231 Å². The monoisotopic (exact) mass is 598 g/mol. The summed E-state index contributed by atoms with van der Waals surface area (Å²) in [5, 5.41) is 0.339. The Morgan fingerprint density at radius 3 is 2.03 bits per heavy atom. The fourth-order valence-corrected chi connectivity index (χ4v) is 5.63. The molecule has 0 spiro atoms. The molecule has 0 unspecified atom stereocenters. The van der Waals surface area contributed by atoms with Crippen LogP contribution in [-0.4, -0.2) is 46.5 Å². The van der Waals surface area contributed by atoms with E-state index in [9.17, 15) is 26.4 Å². The van der Waals surface area contributed by atoms with E-state index in [0.717, 1.165) is 9.87 Å². The van der Waals surface area contributed by atoms with Crippen LogP contribution in [0.1, 0.15) is 21.5 Å². The van der Waals surface area contributed by atoms with Crippen molar-refractivity contribution in [3.05, 3.63) is 93.5 Å². The van der Waals surface area contributed by atoms with Gasteiger partial charge in [0.05, 0.1) is 26.4 Å². The summed E-state index contributed by atoms with van der Waals surface area (Å²) in [6.45, 7) is 1.25. The number of carbonyl (C=O) groups excluding carboxylic acids is 2. The Hall–Kier alpha value is -3.00. The summed E-state index contributed by atoms with van der Waals surface area (Å²) in [5.41, 5.74) is 6.03. The third-order valence-corrected chi connectivity index (χ3v) is 9.25. The first kappa shape index (κ1) is 29.6. The molecular weight excluding hydrogens is 575 g/mol. The van der Waals surface area contributed by atoms with Crippen LogP contribution in [-0.2, 0) is 31.4 Å². The zero-order valence-electron chi connectivity index (χ0n) is 20.2. The zero-order chi connectivity index (χ0) is 28.1. The number of rotatable bonds is 9. The largest absolute Gasteiger partial charge is 0.272 e. The van der Waals surface area contributed by atoms with E-state index in [1.54, 1.807) is 12.1 Å². The van der Waals surface area contributed by atoms with Crippen molar-refractivity contribution in [3.8, 4) is 0 Å². The highest BCUT2D eigenvalue weighted by atomic mass is 35.5. The zero-order valence-corrected chi connectivity index (χ0v) is 23.4. The number of benzene rings is 3. The molecule has 0 heterocycles. The topological polar surface area (TPSA) is 142 Å². The molecule has 0 saturated carbocycles. The minimum atomic E-state index is -3.89. The van der Waals surface area contributed by atoms with Gasteiger partial charge in [-0.15, -0.1) is 0 Å². The number of aryl methyl sites for hydroxylation is 1. The molecule has 0 aliphatic carbocycles. The highest BCUT2D eigenvalue weighted by Gasteiger charge is 2.23. The van der Waals surface area contributed by atoms with Gasteiger partial charge in [0.15, 0.2) is 0 Å². The molecule has 14 heteroatoms. The van der Waals surface area contributed by atoms with Crippen LogP contribution >= 0.6 is 23.2 Å². The van der Waals surface area contributed by atoms with Crippen molar-refractivity contribution in [3.63, 3.8) is 0 Å². The Kier molecular flexibility index (Phi) is 9.52. The molecule has 0 saturated heterocycles. The third-order valence-electron chi connectivity index (χ3n) is 5.29. The summed E-state index contributed by atoms with van der Waals surface area (Å²) < 4.78 is 53.4. The van der Waals surface area contributed by atoms with Crippen molar-refractivity contribution in [1.29, 1.82) is 0 Å². The second-order valence-electron chi connectivity index (χ2n) is 8.17. The van der Waals surface area contributed by atoms with E-state index < -0.39 is 38.4 Å². The minimum absolute atomic E-state index is 0.0433. The van der Waals surface area contributed by atoms with Crippen LogP contribution in [0.25, 0.3) is 0 Å². The number of likely N-dealkylation sites (N-methyl/N-ethyl adjacent to an activating group) is 1. The normalized spacial score (nSPS) is 11.8. The Morgan fingerprint density at radius 1 is 0.816 bits per heavy atom. The SMILES string of the molecule is Cc1ccc(S(=O)(=O)N(C)CC(=O)NNC(=O)c2ccc(CNS(=O)(=O)c3ccc(Cl)c(Cl)c3)cc2)cc1. The first-order chi connectivity index (χ1) is 17.8. The molecule has 3 N–H and O–H groups in total. The summed E-state index contributed by atoms with van der Waals surface area (Å²) in [6.07, 6.45) is 0. The number of hydrazine groups is 1. The molecule has 2 amide bonds. The van der Waals surface area contributed by atoms with Crippen LogP contribution in [0.15, 0.2) is 76.5 Å². The quantitative estimate of drug-likeness (QED) is 0.323. The van der Waals surface area contributed by atoms with Crippen LogP contribution in [0.4, 0.5) is 0 Å². The molecule has 3 aromatic carbocycles. The molecule has 0 radical (unpaired) electrons. The lowest BCUT2D eigenvalue weighted by Gasteiger charge is -2.17. The summed E-state index contributed by atoms with van der Waals surface area (Å²) in [6, 6.07) is 16.1. The van der Waals surface area contributed by atoms with Gasteiger partial charge in [-0.2, -0.15) is 4.31 Å². The van der Waals surface area contributed by atoms with E-state index in [4.69, 9.17) is 23.2 Å². The lowest BCUT2D eigenvalue weighted by Crippen LogP contribution is -2.46. The maximum Gasteiger partial charge on any atom is 0.269 e. The average molecular weight is 600 g/mol. The first-order valence-corrected chi connectivity index (χ1v) is 14.6. The summed E-state index contributed by atoms with van der Waals surface area (Å²) in [5.74, 6) is -1.39. The van der Waals surface area contributed by atoms with Gasteiger partial charge in [0, 0.05) is 19.2 Å². The predicted molar refractivity (Wildman–Crippen MR) is 144 cm³/mol. The maximum atomic E-state index is 12.6. The van der Waals surface area contributed by atoms with E-state index in [0.29, 0.717) is 5.56 Å². The smallest absolute Gasteiger partial charge is 0.269 e. The highest BCUT2D eigenvalue weighted by molar-refractivity contribution is 7.89. The van der Waals surface area contributed by atoms with Gasteiger partial charge in [0.1, 0.15) is 0 Å². The van der Waals surface area contributed by atoms with Crippen molar-refractivity contribution in [1.82, 2.24) is 19.9 Å². The number of hydrogen-bond acceptors (Lipinski definition) is 6. The lowest BCUT2D eigenvalue weighted by molar-refractivity contribution is -0.121. The molecule has 3 aromatic rings. The Balaban J connectivity index is 1.51. The molecule has 0 bridgehead atoms. The van der Waals surface area contributed by atoms with Crippen molar-refractivity contribution >= 4 is 55.1 Å². The second kappa shape index (κ2) is 12.2. The number of carbonyl (C=O) groups is 2. The molecule has 10 nitrogen and oxygen atoms in total. The molecule has 3 rings (SSSR count). The van der Waals surface area contributed by atoms with Gasteiger partial charge in [-0.1, -0.05) is 53.0 Å². The number of nitrogens with one attached hydrogen (secondary N) is 3. The average Bonchev–Trinajstić information content (AvgIpc) is 2.88. The van der Waals surface area contributed by atoms with Crippen LogP contribution in [0, 0.1) is 6.92 Å². The van der Waals surface area contributed by atoms with Crippen molar-refractivity contribution in [2.75, 3.05) is 13.6 Å². The molecule has 0 aliphatic heterocycles. The summed E-state index contributed by atoms with van der Waals surface area (Å²) in [4.78, 5) is 24.6. The van der Waals surface area contributed by atoms with Crippen molar-refractivity contribution < 1.29 is 26.4 Å². The van der Waals surface area contributed by atoms with E-state index in [1.165, 1.54) is 61.6 Å². The van der Waals surface area contributed by atoms with Crippen LogP contribution in [0.2, 0.25) is 10.0 Å². The van der Waals surface area contributed by atoms with E-state index in [-0.39, 0.29) is 31.9 Å². The summed E-state index contributed by atoms with van der Waals surface area (Å²) in [7, 11) is -6.48. The second-order valence-corrected chi connectivity index (χ2v) is 12.8. The van der Waals surface area contributed by atoms with E-state index in [2.05, 4.69) is 15.6 Å². The van der Waals surface area contributed by atoms with Crippen LogP contribution < -0.4 is 15.6 Å². The van der Waals surface area contributed by atoms with E-state index in [1.807, 2.05) is 6.92 Å². The molecule has 38 heavy (non-hydrogen) atoms. The fourth-order valence-electron chi connectivity index (χ4n) is 3.10. The number of nitrogens with zero attached hydrogens (tertiary/aromatic N) is 1. The maximum absolute atomic E-state index is 12.6. The predicted octanol–water partition coefficient (Wildman–Crippen LogP) is 2.86. The number of hydrogen-bond donors (Lipinski definition) is 3. The molecular formula is C24H24Cl2N4O6S2. The molecule has 0 atom stereocenters. The lowest BCUT2D eigenvalue weighted by atomic mass is 10.1. The van der Waals surface area contributed by atoms with Gasteiger partial charge in [0.25, 0.3) is 11.8 Å². The van der Waals surface area contributed by atoms with Gasteiger partial charge in [-0.25, -0.2) is 21.6 Å². The van der Waals surface area contributed by atoms with Crippen LogP contribution in [0.5, 0.6) is 0 Å². The molecule has 0 aromatic heterocycles. The van der Waals surface area contributed by atoms with Crippen molar-refractivity contribution in [2.24, 2.45) is 0 Å². The number of halogens is 2. The number of sulfonamides is 2. The van der Waals surface area contributed by atoms with Gasteiger partial charge in [-0.05, 0) is 55.0 Å². The van der Waals surface area contributed by atoms with E-state index >= 15 is 0 Å². The van der Waals surface area contributed by atoms with Gasteiger partial charge < -0.3 is 0 Å². The minimum Gasteiger partial charge on any atom is -0.272 e. The Morgan fingerprint density at radius 2 is 1.42 bits per heavy atom. The fraction of sp³-hybridized carbons (Fsp3) is 0.167. The number of amides is 2. The highest BCUT2D eigenvalue weighted by Crippen LogP contribution is 2.24. The molecule has 0 aliphatic rings. The summed E-state index contributed by atoms with van der Waals surface area (Å²) >= 11 is 11.7. The van der Waals surface area contributed by atoms with Crippen LogP contribution in [0.3, 0.4) is 0 Å². The Bertz CT molecular complexity index is 1550. The third kappa shape index (κ3) is 7.53. The van der Waals surface area contributed by atoms with Crippen molar-refractivity contribution in [2.45, 2.75) is 23.3 Å².